The maximum atomic E-state index is 11.7. The summed E-state index contributed by atoms with van der Waals surface area (Å²) in [5, 5.41) is 20.4. The van der Waals surface area contributed by atoms with E-state index in [4.69, 9.17) is 15.9 Å². The first-order valence-electron chi connectivity index (χ1n) is 7.48. The van der Waals surface area contributed by atoms with Crippen molar-refractivity contribution in [1.29, 1.82) is 0 Å². The molecule has 23 heavy (non-hydrogen) atoms. The molecule has 10 nitrogen and oxygen atoms in total. The third-order valence-corrected chi connectivity index (χ3v) is 3.58. The van der Waals surface area contributed by atoms with Crippen molar-refractivity contribution in [3.63, 3.8) is 0 Å². The van der Waals surface area contributed by atoms with Crippen molar-refractivity contribution in [3.8, 4) is 0 Å². The van der Waals surface area contributed by atoms with Crippen molar-refractivity contribution in [3.05, 3.63) is 0 Å². The van der Waals surface area contributed by atoms with E-state index < -0.39 is 11.9 Å². The zero-order valence-electron chi connectivity index (χ0n) is 13.1. The van der Waals surface area contributed by atoms with Gasteiger partial charge < -0.3 is 21.1 Å². The Hall–Kier alpha value is -1.69. The van der Waals surface area contributed by atoms with E-state index in [9.17, 15) is 14.4 Å². The van der Waals surface area contributed by atoms with Gasteiger partial charge in [-0.25, -0.2) is 0 Å². The van der Waals surface area contributed by atoms with Gasteiger partial charge in [-0.1, -0.05) is 0 Å². The fourth-order valence-corrected chi connectivity index (χ4v) is 2.41. The van der Waals surface area contributed by atoms with Crippen molar-refractivity contribution in [2.24, 2.45) is 5.64 Å². The number of nitrogens with one attached hydrogen (secondary N) is 1. The Labute approximate surface area is 135 Å². The molecule has 0 spiro atoms. The van der Waals surface area contributed by atoms with Crippen LogP contribution in [-0.4, -0.2) is 109 Å². The molecule has 0 aromatic heterocycles. The minimum Gasteiger partial charge on any atom is -0.480 e. The first-order chi connectivity index (χ1) is 10.9. The molecule has 0 saturated carbocycles. The molecule has 1 amide bonds. The van der Waals surface area contributed by atoms with E-state index in [0.29, 0.717) is 39.3 Å². The molecule has 0 aliphatic carbocycles. The van der Waals surface area contributed by atoms with Gasteiger partial charge in [0.25, 0.3) is 0 Å². The van der Waals surface area contributed by atoms with Crippen LogP contribution in [0.4, 0.5) is 0 Å². The summed E-state index contributed by atoms with van der Waals surface area (Å²) in [5.74, 6) is -2.07. The number of nitrogens with two attached hydrogens (primary N) is 1. The maximum Gasteiger partial charge on any atom is 0.318 e. The molecule has 130 valence electrons. The summed E-state index contributed by atoms with van der Waals surface area (Å²) in [5.41, 5.74) is 5.27. The average Bonchev–Trinajstić information content (AvgIpc) is 2.52. The number of carbonyl (C=O) groups is 3. The van der Waals surface area contributed by atoms with Gasteiger partial charge in [0, 0.05) is 39.3 Å². The molecule has 0 bridgehead atoms. The van der Waals surface area contributed by atoms with Crippen LogP contribution in [-0.2, 0) is 14.4 Å². The third kappa shape index (κ3) is 8.50. The SMILES string of the molecule is NBNC(=O)CN1CCN(CC(=O)O)CCN(CC(=O)O)CC1. The second-order valence-electron chi connectivity index (χ2n) is 5.42. The molecule has 5 N–H and O–H groups in total. The molecule has 0 unspecified atom stereocenters. The molecular weight excluding hydrogens is 305 g/mol. The Morgan fingerprint density at radius 3 is 1.48 bits per heavy atom. The number of hydrogen-bond acceptors (Lipinski definition) is 7. The quantitative estimate of drug-likeness (QED) is 0.349. The van der Waals surface area contributed by atoms with Crippen LogP contribution < -0.4 is 10.9 Å². The molecule has 11 heteroatoms. The second kappa shape index (κ2) is 10.2. The van der Waals surface area contributed by atoms with Gasteiger partial charge in [0.15, 0.2) is 0 Å². The number of carboxylic acid groups (broad SMARTS) is 2. The Balaban J connectivity index is 2.68. The molecule has 1 aliphatic heterocycles. The summed E-state index contributed by atoms with van der Waals surface area (Å²) in [6.45, 7) is 2.96. The lowest BCUT2D eigenvalue weighted by Gasteiger charge is -2.24. The highest BCUT2D eigenvalue weighted by molar-refractivity contribution is 6.33. The van der Waals surface area contributed by atoms with E-state index in [1.807, 2.05) is 4.90 Å². The van der Waals surface area contributed by atoms with Crippen molar-refractivity contribution < 1.29 is 24.6 Å². The summed E-state index contributed by atoms with van der Waals surface area (Å²) in [6, 6.07) is 0. The van der Waals surface area contributed by atoms with Gasteiger partial charge >= 0.3 is 19.5 Å². The Kier molecular flexibility index (Phi) is 8.55. The van der Waals surface area contributed by atoms with Gasteiger partial charge in [-0.2, -0.15) is 0 Å². The highest BCUT2D eigenvalue weighted by atomic mass is 16.4. The monoisotopic (exact) mass is 329 g/mol. The lowest BCUT2D eigenvalue weighted by molar-refractivity contribution is -0.140. The minimum atomic E-state index is -0.929. The van der Waals surface area contributed by atoms with Gasteiger partial charge in [-0.15, -0.1) is 0 Å². The summed E-state index contributed by atoms with van der Waals surface area (Å²) in [6.07, 6.45) is 0. The van der Waals surface area contributed by atoms with Crippen molar-refractivity contribution >= 4 is 25.4 Å². The summed E-state index contributed by atoms with van der Waals surface area (Å²) in [7, 11) is 0.0585. The van der Waals surface area contributed by atoms with Crippen LogP contribution in [0.3, 0.4) is 0 Å². The van der Waals surface area contributed by atoms with Gasteiger partial charge in [-0.05, 0) is 0 Å². The summed E-state index contributed by atoms with van der Waals surface area (Å²) in [4.78, 5) is 38.9. The van der Waals surface area contributed by atoms with Gasteiger partial charge in [0.05, 0.1) is 19.6 Å². The molecule has 1 rings (SSSR count). The molecule has 0 radical (unpaired) electrons. The zero-order chi connectivity index (χ0) is 17.2. The highest BCUT2D eigenvalue weighted by Gasteiger charge is 2.20. The van der Waals surface area contributed by atoms with E-state index >= 15 is 0 Å². The lowest BCUT2D eigenvalue weighted by atomic mass is 10.2. The predicted molar refractivity (Wildman–Crippen MR) is 84.1 cm³/mol. The molecule has 1 fully saturated rings. The number of nitrogens with zero attached hydrogens (tertiary/aromatic N) is 3. The number of amides is 1. The molecule has 1 aliphatic rings. The van der Waals surface area contributed by atoms with E-state index in [0.717, 1.165) is 0 Å². The van der Waals surface area contributed by atoms with Crippen LogP contribution in [0, 0.1) is 0 Å². The molecular formula is C12H24BN5O5. The number of hydrogen-bond donors (Lipinski definition) is 4. The number of rotatable bonds is 7. The topological polar surface area (TPSA) is 139 Å². The summed E-state index contributed by atoms with van der Waals surface area (Å²) < 4.78 is 0. The second-order valence-corrected chi connectivity index (χ2v) is 5.42. The molecule has 1 saturated heterocycles. The predicted octanol–water partition coefficient (Wildman–Crippen LogP) is -3.58. The zero-order valence-corrected chi connectivity index (χ0v) is 13.1. The molecule has 0 aromatic carbocycles. The number of carboxylic acids is 2. The fourth-order valence-electron chi connectivity index (χ4n) is 2.41. The van der Waals surface area contributed by atoms with Crippen molar-refractivity contribution in [2.75, 3.05) is 58.9 Å². The van der Waals surface area contributed by atoms with E-state index in [2.05, 4.69) is 5.23 Å². The molecule has 1 heterocycles. The molecule has 0 atom stereocenters. The van der Waals surface area contributed by atoms with Crippen molar-refractivity contribution in [2.45, 2.75) is 0 Å². The molecule has 0 aromatic rings. The van der Waals surface area contributed by atoms with Crippen molar-refractivity contribution in [1.82, 2.24) is 19.9 Å². The highest BCUT2D eigenvalue weighted by Crippen LogP contribution is 2.01. The van der Waals surface area contributed by atoms with E-state index in [1.165, 1.54) is 0 Å². The van der Waals surface area contributed by atoms with E-state index in [-0.39, 0.29) is 33.1 Å². The minimum absolute atomic E-state index is 0.0585. The standard InChI is InChI=1S/C12H24BN5O5/c14-13-15-10(19)7-16-1-3-17(8-11(20)21)5-6-18(4-2-16)9-12(22)23/h13H,1-9,14H2,(H,15,19)(H,20,21)(H,22,23). The number of carbonyl (C=O) groups excluding carboxylic acids is 1. The first kappa shape index (κ1) is 19.4. The van der Waals surface area contributed by atoms with Crippen LogP contribution in [0.2, 0.25) is 0 Å². The van der Waals surface area contributed by atoms with Crippen LogP contribution in [0.15, 0.2) is 0 Å². The largest absolute Gasteiger partial charge is 0.480 e. The maximum absolute atomic E-state index is 11.7. The normalized spacial score (nSPS) is 18.5. The lowest BCUT2D eigenvalue weighted by Crippen LogP contribution is -2.45. The Morgan fingerprint density at radius 1 is 0.826 bits per heavy atom. The van der Waals surface area contributed by atoms with Gasteiger partial charge in [-0.3, -0.25) is 29.1 Å². The summed E-state index contributed by atoms with van der Waals surface area (Å²) >= 11 is 0. The average molecular weight is 329 g/mol. The van der Waals surface area contributed by atoms with E-state index in [1.54, 1.807) is 9.80 Å². The smallest absolute Gasteiger partial charge is 0.318 e. The van der Waals surface area contributed by atoms with Gasteiger partial charge in [0.1, 0.15) is 0 Å². The van der Waals surface area contributed by atoms with Gasteiger partial charge in [0.2, 0.25) is 5.91 Å². The Bertz CT molecular complexity index is 397. The van der Waals surface area contributed by atoms with Crippen LogP contribution >= 0.6 is 0 Å². The van der Waals surface area contributed by atoms with Crippen LogP contribution in [0.1, 0.15) is 0 Å². The van der Waals surface area contributed by atoms with Crippen LogP contribution in [0.5, 0.6) is 0 Å². The Morgan fingerprint density at radius 2 is 1.17 bits per heavy atom. The van der Waals surface area contributed by atoms with Crippen LogP contribution in [0.25, 0.3) is 0 Å². The number of aliphatic carboxylic acids is 2. The fraction of sp³-hybridized carbons (Fsp3) is 0.750. The third-order valence-electron chi connectivity index (χ3n) is 3.58. The first-order valence-corrected chi connectivity index (χ1v) is 7.48.